The van der Waals surface area contributed by atoms with Crippen LogP contribution in [0.3, 0.4) is 0 Å². The Hall–Kier alpha value is -1.61. The lowest BCUT2D eigenvalue weighted by atomic mass is 9.96. The van der Waals surface area contributed by atoms with Gasteiger partial charge >= 0.3 is 0 Å². The highest BCUT2D eigenvalue weighted by Gasteiger charge is 2.29. The quantitative estimate of drug-likeness (QED) is 0.555. The minimum Gasteiger partial charge on any atom is -0.325 e. The van der Waals surface area contributed by atoms with Crippen LogP contribution in [0, 0.1) is 6.92 Å². The third-order valence-electron chi connectivity index (χ3n) is 5.67. The Morgan fingerprint density at radius 2 is 1.94 bits per heavy atom. The van der Waals surface area contributed by atoms with Gasteiger partial charge in [0.15, 0.2) is 0 Å². The zero-order valence-electron chi connectivity index (χ0n) is 18.0. The molecule has 1 heterocycles. The number of hydrogen-bond donors (Lipinski definition) is 1. The summed E-state index contributed by atoms with van der Waals surface area (Å²) in [5, 5.41) is 3.65. The van der Waals surface area contributed by atoms with Crippen LogP contribution < -0.4 is 5.32 Å². The Labute approximate surface area is 193 Å². The van der Waals surface area contributed by atoms with Crippen molar-refractivity contribution in [3.05, 3.63) is 47.1 Å². The van der Waals surface area contributed by atoms with Crippen LogP contribution in [0.4, 0.5) is 5.69 Å². The van der Waals surface area contributed by atoms with E-state index in [-0.39, 0.29) is 16.8 Å². The molecule has 1 aromatic heterocycles. The number of rotatable bonds is 7. The molecule has 0 radical (unpaired) electrons. The molecule has 168 valence electrons. The van der Waals surface area contributed by atoms with Crippen LogP contribution in [0.5, 0.6) is 0 Å². The SMILES string of the molecule is Cc1c(Cl)cccc1NC(=O)C(C)Sc1ccc(S(=O)(=O)N(C)C2CCCCC2)cn1. The number of halogens is 1. The highest BCUT2D eigenvalue weighted by Crippen LogP contribution is 2.29. The largest absolute Gasteiger partial charge is 0.325 e. The molecular weight excluding hydrogens is 454 g/mol. The average Bonchev–Trinajstić information content (AvgIpc) is 2.77. The van der Waals surface area contributed by atoms with Crippen molar-refractivity contribution in [3.63, 3.8) is 0 Å². The lowest BCUT2D eigenvalue weighted by molar-refractivity contribution is -0.115. The topological polar surface area (TPSA) is 79.4 Å². The van der Waals surface area contributed by atoms with Gasteiger partial charge in [0.2, 0.25) is 15.9 Å². The molecule has 1 atom stereocenters. The standard InChI is InChI=1S/C22H28ClN3O3S2/c1-15-19(23)10-7-11-20(15)25-22(27)16(2)30-21-13-12-18(14-24-21)31(28,29)26(3)17-8-5-4-6-9-17/h7,10-14,16-17H,4-6,8-9H2,1-3H3,(H,25,27). The van der Waals surface area contributed by atoms with E-state index in [0.717, 1.165) is 31.2 Å². The molecule has 2 aromatic rings. The van der Waals surface area contributed by atoms with Gasteiger partial charge in [-0.1, -0.05) is 48.7 Å². The number of nitrogens with one attached hydrogen (secondary N) is 1. The van der Waals surface area contributed by atoms with E-state index >= 15 is 0 Å². The van der Waals surface area contributed by atoms with Crippen LogP contribution in [-0.2, 0) is 14.8 Å². The Kier molecular flexibility index (Phi) is 8.02. The number of nitrogens with zero attached hydrogens (tertiary/aromatic N) is 2. The van der Waals surface area contributed by atoms with Crippen molar-refractivity contribution in [2.45, 2.75) is 67.2 Å². The van der Waals surface area contributed by atoms with Gasteiger partial charge in [0.1, 0.15) is 4.90 Å². The van der Waals surface area contributed by atoms with E-state index in [2.05, 4.69) is 10.3 Å². The second-order valence-electron chi connectivity index (χ2n) is 7.81. The second-order valence-corrected chi connectivity index (χ2v) is 11.6. The number of benzene rings is 1. The minimum absolute atomic E-state index is 0.0477. The van der Waals surface area contributed by atoms with E-state index in [9.17, 15) is 13.2 Å². The molecule has 1 amide bonds. The van der Waals surface area contributed by atoms with Crippen molar-refractivity contribution in [1.82, 2.24) is 9.29 Å². The summed E-state index contributed by atoms with van der Waals surface area (Å²) < 4.78 is 27.4. The Morgan fingerprint density at radius 1 is 1.23 bits per heavy atom. The van der Waals surface area contributed by atoms with E-state index in [0.29, 0.717) is 15.7 Å². The summed E-state index contributed by atoms with van der Waals surface area (Å²) in [6.45, 7) is 3.63. The molecule has 0 aliphatic heterocycles. The predicted octanol–water partition coefficient (Wildman–Crippen LogP) is 5.12. The molecule has 1 fully saturated rings. The summed E-state index contributed by atoms with van der Waals surface area (Å²) in [4.78, 5) is 17.0. The van der Waals surface area contributed by atoms with Crippen LogP contribution in [0.2, 0.25) is 5.02 Å². The third-order valence-corrected chi connectivity index (χ3v) is 9.02. The summed E-state index contributed by atoms with van der Waals surface area (Å²) in [5.74, 6) is -0.175. The fourth-order valence-electron chi connectivity index (χ4n) is 3.61. The summed E-state index contributed by atoms with van der Waals surface area (Å²) in [7, 11) is -1.93. The second kappa shape index (κ2) is 10.3. The number of pyridine rings is 1. The minimum atomic E-state index is -3.58. The number of sulfonamides is 1. The van der Waals surface area contributed by atoms with Gasteiger partial charge in [-0.3, -0.25) is 4.79 Å². The van der Waals surface area contributed by atoms with Crippen LogP contribution >= 0.6 is 23.4 Å². The van der Waals surface area contributed by atoms with E-state index in [4.69, 9.17) is 11.6 Å². The lowest BCUT2D eigenvalue weighted by Crippen LogP contribution is -2.38. The van der Waals surface area contributed by atoms with Crippen molar-refractivity contribution >= 4 is 45.0 Å². The summed E-state index contributed by atoms with van der Waals surface area (Å²) in [6.07, 6.45) is 6.47. The smallest absolute Gasteiger partial charge is 0.244 e. The first-order valence-electron chi connectivity index (χ1n) is 10.4. The monoisotopic (exact) mass is 481 g/mol. The Bertz CT molecular complexity index is 1020. The maximum absolute atomic E-state index is 12.9. The Balaban J connectivity index is 1.64. The fourth-order valence-corrected chi connectivity index (χ4v) is 5.93. The van der Waals surface area contributed by atoms with Gasteiger partial charge in [0, 0.05) is 30.0 Å². The van der Waals surface area contributed by atoms with Gasteiger partial charge in [-0.05, 0) is 56.5 Å². The molecule has 0 bridgehead atoms. The zero-order valence-corrected chi connectivity index (χ0v) is 20.4. The van der Waals surface area contributed by atoms with Crippen LogP contribution in [-0.4, -0.2) is 42.0 Å². The highest BCUT2D eigenvalue weighted by molar-refractivity contribution is 8.00. The molecule has 9 heteroatoms. The highest BCUT2D eigenvalue weighted by atomic mass is 35.5. The van der Waals surface area contributed by atoms with E-state index in [1.165, 1.54) is 28.7 Å². The van der Waals surface area contributed by atoms with Gasteiger partial charge in [-0.15, -0.1) is 0 Å². The molecule has 0 saturated heterocycles. The number of thioether (sulfide) groups is 1. The number of anilines is 1. The van der Waals surface area contributed by atoms with Crippen molar-refractivity contribution < 1.29 is 13.2 Å². The molecule has 1 aromatic carbocycles. The number of carbonyl (C=O) groups is 1. The van der Waals surface area contributed by atoms with Gasteiger partial charge in [-0.2, -0.15) is 4.31 Å². The number of hydrogen-bond acceptors (Lipinski definition) is 5. The van der Waals surface area contributed by atoms with Crippen LogP contribution in [0.15, 0.2) is 46.5 Å². The number of aromatic nitrogens is 1. The van der Waals surface area contributed by atoms with Gasteiger partial charge in [0.25, 0.3) is 0 Å². The number of amides is 1. The molecule has 3 rings (SSSR count). The summed E-state index contributed by atoms with van der Waals surface area (Å²) in [5.41, 5.74) is 1.48. The number of carbonyl (C=O) groups excluding carboxylic acids is 1. The lowest BCUT2D eigenvalue weighted by Gasteiger charge is -2.30. The normalized spacial score (nSPS) is 16.3. The molecular formula is C22H28ClN3O3S2. The van der Waals surface area contributed by atoms with Gasteiger partial charge in [-0.25, -0.2) is 13.4 Å². The van der Waals surface area contributed by atoms with Crippen molar-refractivity contribution in [1.29, 1.82) is 0 Å². The van der Waals surface area contributed by atoms with E-state index in [1.807, 2.05) is 6.92 Å². The fraction of sp³-hybridized carbons (Fsp3) is 0.455. The molecule has 1 unspecified atom stereocenters. The molecule has 1 aliphatic carbocycles. The summed E-state index contributed by atoms with van der Waals surface area (Å²) in [6, 6.07) is 8.63. The maximum atomic E-state index is 12.9. The van der Waals surface area contributed by atoms with Crippen molar-refractivity contribution in [2.75, 3.05) is 12.4 Å². The molecule has 6 nitrogen and oxygen atoms in total. The summed E-state index contributed by atoms with van der Waals surface area (Å²) >= 11 is 7.38. The van der Waals surface area contributed by atoms with Gasteiger partial charge < -0.3 is 5.32 Å². The first kappa shape index (κ1) is 24.0. The van der Waals surface area contributed by atoms with Crippen LogP contribution in [0.1, 0.15) is 44.6 Å². The Morgan fingerprint density at radius 3 is 2.58 bits per heavy atom. The van der Waals surface area contributed by atoms with Crippen LogP contribution in [0.25, 0.3) is 0 Å². The molecule has 0 spiro atoms. The zero-order chi connectivity index (χ0) is 22.6. The predicted molar refractivity (Wildman–Crippen MR) is 126 cm³/mol. The molecule has 31 heavy (non-hydrogen) atoms. The first-order valence-corrected chi connectivity index (χ1v) is 13.1. The van der Waals surface area contributed by atoms with Gasteiger partial charge in [0.05, 0.1) is 10.3 Å². The average molecular weight is 482 g/mol. The van der Waals surface area contributed by atoms with Crippen molar-refractivity contribution in [2.24, 2.45) is 0 Å². The molecule has 1 saturated carbocycles. The third kappa shape index (κ3) is 5.80. The molecule has 1 aliphatic rings. The first-order chi connectivity index (χ1) is 14.7. The van der Waals surface area contributed by atoms with E-state index < -0.39 is 15.3 Å². The maximum Gasteiger partial charge on any atom is 0.244 e. The van der Waals surface area contributed by atoms with E-state index in [1.54, 1.807) is 44.3 Å². The van der Waals surface area contributed by atoms with Crippen molar-refractivity contribution in [3.8, 4) is 0 Å². The molecule has 1 N–H and O–H groups in total.